The fourth-order valence-corrected chi connectivity index (χ4v) is 2.74. The summed E-state index contributed by atoms with van der Waals surface area (Å²) in [5, 5.41) is 3.53. The molecule has 0 radical (unpaired) electrons. The van der Waals surface area contributed by atoms with Crippen LogP contribution in [0.5, 0.6) is 11.5 Å². The van der Waals surface area contributed by atoms with Crippen molar-refractivity contribution >= 4 is 0 Å². The molecule has 18 heavy (non-hydrogen) atoms. The molecular weight excluding hydrogens is 228 g/mol. The van der Waals surface area contributed by atoms with Crippen LogP contribution >= 0.6 is 0 Å². The van der Waals surface area contributed by atoms with E-state index < -0.39 is 0 Å². The van der Waals surface area contributed by atoms with Crippen LogP contribution in [-0.2, 0) is 6.54 Å². The number of rotatable bonds is 2. The number of nitrogens with zero attached hydrogens (tertiary/aromatic N) is 1. The number of piperazine rings is 1. The summed E-state index contributed by atoms with van der Waals surface area (Å²) in [7, 11) is 0. The van der Waals surface area contributed by atoms with Gasteiger partial charge in [-0.3, -0.25) is 4.90 Å². The molecule has 1 saturated heterocycles. The molecular formula is C14H20N2O2. The van der Waals surface area contributed by atoms with E-state index in [-0.39, 0.29) is 5.54 Å². The minimum Gasteiger partial charge on any atom is -0.454 e. The van der Waals surface area contributed by atoms with Crippen LogP contribution in [0.2, 0.25) is 0 Å². The molecule has 0 aromatic heterocycles. The Morgan fingerprint density at radius 2 is 2.22 bits per heavy atom. The quantitative estimate of drug-likeness (QED) is 0.862. The standard InChI is InChI=1S/C14H20N2O2/c1-14(2)9-16(7-6-15-14)8-11-4-3-5-12-13(11)18-10-17-12/h3-5,15H,6-10H2,1-2H3. The summed E-state index contributed by atoms with van der Waals surface area (Å²) >= 11 is 0. The van der Waals surface area contributed by atoms with Crippen molar-refractivity contribution in [3.05, 3.63) is 23.8 Å². The Bertz CT molecular complexity index is 445. The third-order valence-electron chi connectivity index (χ3n) is 3.52. The highest BCUT2D eigenvalue weighted by molar-refractivity contribution is 5.48. The molecule has 2 aliphatic rings. The van der Waals surface area contributed by atoms with E-state index in [4.69, 9.17) is 9.47 Å². The van der Waals surface area contributed by atoms with Crippen molar-refractivity contribution < 1.29 is 9.47 Å². The smallest absolute Gasteiger partial charge is 0.231 e. The van der Waals surface area contributed by atoms with Gasteiger partial charge in [-0.05, 0) is 19.9 Å². The van der Waals surface area contributed by atoms with Gasteiger partial charge >= 0.3 is 0 Å². The van der Waals surface area contributed by atoms with E-state index in [9.17, 15) is 0 Å². The van der Waals surface area contributed by atoms with E-state index in [1.54, 1.807) is 0 Å². The van der Waals surface area contributed by atoms with Crippen molar-refractivity contribution in [1.82, 2.24) is 10.2 Å². The van der Waals surface area contributed by atoms with Gasteiger partial charge in [0.1, 0.15) is 0 Å². The second-order valence-electron chi connectivity index (χ2n) is 5.67. The normalized spacial score (nSPS) is 22.1. The van der Waals surface area contributed by atoms with Crippen molar-refractivity contribution in [1.29, 1.82) is 0 Å². The van der Waals surface area contributed by atoms with Crippen LogP contribution in [0.15, 0.2) is 18.2 Å². The van der Waals surface area contributed by atoms with Gasteiger partial charge in [-0.25, -0.2) is 0 Å². The first-order valence-electron chi connectivity index (χ1n) is 6.49. The maximum absolute atomic E-state index is 5.56. The predicted octanol–water partition coefficient (Wildman–Crippen LogP) is 1.60. The lowest BCUT2D eigenvalue weighted by Gasteiger charge is -2.39. The molecule has 1 aromatic carbocycles. The molecule has 0 saturated carbocycles. The van der Waals surface area contributed by atoms with Crippen LogP contribution in [0.25, 0.3) is 0 Å². The molecule has 0 aliphatic carbocycles. The van der Waals surface area contributed by atoms with Gasteiger partial charge in [0, 0.05) is 37.3 Å². The number of nitrogens with one attached hydrogen (secondary N) is 1. The van der Waals surface area contributed by atoms with E-state index in [2.05, 4.69) is 30.1 Å². The van der Waals surface area contributed by atoms with Crippen molar-refractivity contribution in [2.24, 2.45) is 0 Å². The second-order valence-corrected chi connectivity index (χ2v) is 5.67. The fourth-order valence-electron chi connectivity index (χ4n) is 2.74. The largest absolute Gasteiger partial charge is 0.454 e. The highest BCUT2D eigenvalue weighted by Gasteiger charge is 2.27. The van der Waals surface area contributed by atoms with E-state index in [1.165, 1.54) is 5.56 Å². The molecule has 98 valence electrons. The molecule has 2 aliphatic heterocycles. The van der Waals surface area contributed by atoms with Gasteiger partial charge in [-0.1, -0.05) is 12.1 Å². The van der Waals surface area contributed by atoms with Crippen molar-refractivity contribution in [3.63, 3.8) is 0 Å². The SMILES string of the molecule is CC1(C)CN(Cc2cccc3c2OCO3)CCN1. The fraction of sp³-hybridized carbons (Fsp3) is 0.571. The monoisotopic (exact) mass is 248 g/mol. The van der Waals surface area contributed by atoms with Crippen LogP contribution in [0.4, 0.5) is 0 Å². The van der Waals surface area contributed by atoms with Crippen LogP contribution in [0.1, 0.15) is 19.4 Å². The molecule has 0 spiro atoms. The first kappa shape index (κ1) is 11.8. The summed E-state index contributed by atoms with van der Waals surface area (Å²) in [5.74, 6) is 1.80. The molecule has 0 unspecified atom stereocenters. The number of benzene rings is 1. The average Bonchev–Trinajstić information content (AvgIpc) is 2.77. The first-order chi connectivity index (χ1) is 8.64. The minimum absolute atomic E-state index is 0.188. The lowest BCUT2D eigenvalue weighted by Crippen LogP contribution is -2.56. The first-order valence-corrected chi connectivity index (χ1v) is 6.49. The maximum Gasteiger partial charge on any atom is 0.231 e. The summed E-state index contributed by atoms with van der Waals surface area (Å²) in [6, 6.07) is 6.13. The topological polar surface area (TPSA) is 33.7 Å². The predicted molar refractivity (Wildman–Crippen MR) is 69.9 cm³/mol. The molecule has 1 aromatic rings. The van der Waals surface area contributed by atoms with Gasteiger partial charge in [-0.15, -0.1) is 0 Å². The highest BCUT2D eigenvalue weighted by atomic mass is 16.7. The van der Waals surface area contributed by atoms with Gasteiger partial charge in [0.2, 0.25) is 6.79 Å². The Morgan fingerprint density at radius 3 is 3.06 bits per heavy atom. The number of para-hydroxylation sites is 1. The summed E-state index contributed by atoms with van der Waals surface area (Å²) in [5.41, 5.74) is 1.41. The lowest BCUT2D eigenvalue weighted by atomic mass is 10.0. The molecule has 0 amide bonds. The average molecular weight is 248 g/mol. The summed E-state index contributed by atoms with van der Waals surface area (Å²) in [6.07, 6.45) is 0. The third kappa shape index (κ3) is 2.31. The number of hydrogen-bond acceptors (Lipinski definition) is 4. The number of hydrogen-bond donors (Lipinski definition) is 1. The molecule has 1 fully saturated rings. The highest BCUT2D eigenvalue weighted by Crippen LogP contribution is 2.36. The Balaban J connectivity index is 1.75. The van der Waals surface area contributed by atoms with Gasteiger partial charge in [0.25, 0.3) is 0 Å². The molecule has 4 heteroatoms. The van der Waals surface area contributed by atoms with Gasteiger partial charge in [-0.2, -0.15) is 0 Å². The summed E-state index contributed by atoms with van der Waals surface area (Å²) < 4.78 is 11.0. The minimum atomic E-state index is 0.188. The lowest BCUT2D eigenvalue weighted by molar-refractivity contribution is 0.144. The van der Waals surface area contributed by atoms with Crippen LogP contribution < -0.4 is 14.8 Å². The van der Waals surface area contributed by atoms with Crippen molar-refractivity contribution in [2.45, 2.75) is 25.9 Å². The van der Waals surface area contributed by atoms with E-state index >= 15 is 0 Å². The van der Waals surface area contributed by atoms with E-state index in [1.807, 2.05) is 12.1 Å². The molecule has 0 atom stereocenters. The molecule has 3 rings (SSSR count). The zero-order valence-corrected chi connectivity index (χ0v) is 11.0. The van der Waals surface area contributed by atoms with Crippen molar-refractivity contribution in [3.8, 4) is 11.5 Å². The molecule has 1 N–H and O–H groups in total. The summed E-state index contributed by atoms with van der Waals surface area (Å²) in [4.78, 5) is 2.47. The zero-order chi connectivity index (χ0) is 12.6. The second kappa shape index (κ2) is 4.44. The molecule has 4 nitrogen and oxygen atoms in total. The number of ether oxygens (including phenoxy) is 2. The van der Waals surface area contributed by atoms with Crippen molar-refractivity contribution in [2.75, 3.05) is 26.4 Å². The van der Waals surface area contributed by atoms with Gasteiger partial charge in [0.15, 0.2) is 11.5 Å². The zero-order valence-electron chi connectivity index (χ0n) is 11.0. The van der Waals surface area contributed by atoms with Crippen LogP contribution in [0, 0.1) is 0 Å². The third-order valence-corrected chi connectivity index (χ3v) is 3.52. The summed E-state index contributed by atoms with van der Waals surface area (Å²) in [6.45, 7) is 8.93. The van der Waals surface area contributed by atoms with E-state index in [0.29, 0.717) is 6.79 Å². The Morgan fingerprint density at radius 1 is 1.33 bits per heavy atom. The Hall–Kier alpha value is -1.26. The van der Waals surface area contributed by atoms with Crippen LogP contribution in [-0.4, -0.2) is 36.9 Å². The van der Waals surface area contributed by atoms with Gasteiger partial charge in [0.05, 0.1) is 0 Å². The Kier molecular flexibility index (Phi) is 2.92. The van der Waals surface area contributed by atoms with E-state index in [0.717, 1.165) is 37.7 Å². The molecule has 2 heterocycles. The van der Waals surface area contributed by atoms with Gasteiger partial charge < -0.3 is 14.8 Å². The molecule has 0 bridgehead atoms. The maximum atomic E-state index is 5.56. The Labute approximate surface area is 108 Å². The number of fused-ring (bicyclic) bond motifs is 1. The van der Waals surface area contributed by atoms with Crippen LogP contribution in [0.3, 0.4) is 0 Å².